The molecule has 0 radical (unpaired) electrons. The normalized spacial score (nSPS) is 14.7. The molecule has 0 spiro atoms. The lowest BCUT2D eigenvalue weighted by Gasteiger charge is -2.28. The van der Waals surface area contributed by atoms with E-state index < -0.39 is 0 Å². The molecule has 18 heavy (non-hydrogen) atoms. The summed E-state index contributed by atoms with van der Waals surface area (Å²) in [5, 5.41) is 2.89. The smallest absolute Gasteiger partial charge is 0.254 e. The van der Waals surface area contributed by atoms with Gasteiger partial charge < -0.3 is 10.6 Å². The molecule has 0 atom stereocenters. The summed E-state index contributed by atoms with van der Waals surface area (Å²) in [5.41, 5.74) is 8.20. The van der Waals surface area contributed by atoms with Crippen LogP contribution in [0.15, 0.2) is 29.8 Å². The number of nitrogens with two attached hydrogens (primary N) is 1. The molecule has 2 heterocycles. The molecular weight excluding hydrogens is 246 g/mol. The van der Waals surface area contributed by atoms with E-state index in [2.05, 4.69) is 4.98 Å². The van der Waals surface area contributed by atoms with Crippen LogP contribution in [-0.4, -0.2) is 22.3 Å². The van der Waals surface area contributed by atoms with Crippen molar-refractivity contribution in [2.45, 2.75) is 13.0 Å². The third kappa shape index (κ3) is 1.97. The zero-order valence-corrected chi connectivity index (χ0v) is 10.6. The van der Waals surface area contributed by atoms with Gasteiger partial charge in [0.25, 0.3) is 5.91 Å². The van der Waals surface area contributed by atoms with Crippen molar-refractivity contribution in [3.8, 4) is 0 Å². The predicted molar refractivity (Wildman–Crippen MR) is 71.4 cm³/mol. The molecule has 0 bridgehead atoms. The quantitative estimate of drug-likeness (QED) is 0.838. The van der Waals surface area contributed by atoms with Crippen molar-refractivity contribution < 1.29 is 4.79 Å². The van der Waals surface area contributed by atoms with E-state index in [1.165, 1.54) is 0 Å². The number of nitrogens with zero attached hydrogens (tertiary/aromatic N) is 2. The van der Waals surface area contributed by atoms with Crippen molar-refractivity contribution in [2.75, 3.05) is 12.3 Å². The van der Waals surface area contributed by atoms with Crippen LogP contribution in [0.4, 0.5) is 5.69 Å². The first-order valence-electron chi connectivity index (χ1n) is 5.80. The molecule has 0 unspecified atom stereocenters. The molecule has 1 amide bonds. The molecule has 0 fully saturated rings. The first-order valence-corrected chi connectivity index (χ1v) is 6.68. The van der Waals surface area contributed by atoms with Crippen LogP contribution in [0.2, 0.25) is 0 Å². The van der Waals surface area contributed by atoms with E-state index in [1.54, 1.807) is 23.6 Å². The SMILES string of the molecule is Nc1ccc2c(c1)C(=O)N(Cc1nccs1)CC2. The minimum Gasteiger partial charge on any atom is -0.399 e. The summed E-state index contributed by atoms with van der Waals surface area (Å²) in [6.45, 7) is 1.33. The zero-order chi connectivity index (χ0) is 12.5. The fraction of sp³-hybridized carbons (Fsp3) is 0.231. The molecule has 1 aromatic heterocycles. The summed E-state index contributed by atoms with van der Waals surface area (Å²) >= 11 is 1.57. The minimum absolute atomic E-state index is 0.0544. The summed E-state index contributed by atoms with van der Waals surface area (Å²) in [7, 11) is 0. The van der Waals surface area contributed by atoms with Gasteiger partial charge in [-0.1, -0.05) is 6.07 Å². The van der Waals surface area contributed by atoms with Gasteiger partial charge in [-0.3, -0.25) is 4.79 Å². The Morgan fingerprint density at radius 2 is 2.33 bits per heavy atom. The van der Waals surface area contributed by atoms with Gasteiger partial charge in [0.1, 0.15) is 5.01 Å². The van der Waals surface area contributed by atoms with Crippen LogP contribution in [0, 0.1) is 0 Å². The minimum atomic E-state index is 0.0544. The Bertz CT molecular complexity index is 580. The van der Waals surface area contributed by atoms with E-state index in [0.29, 0.717) is 12.2 Å². The second kappa shape index (κ2) is 4.42. The van der Waals surface area contributed by atoms with Crippen LogP contribution in [0.25, 0.3) is 0 Å². The zero-order valence-electron chi connectivity index (χ0n) is 9.80. The molecular formula is C13H13N3OS. The number of carbonyl (C=O) groups is 1. The molecule has 1 aromatic carbocycles. The Labute approximate surface area is 109 Å². The summed E-state index contributed by atoms with van der Waals surface area (Å²) in [5.74, 6) is 0.0544. The van der Waals surface area contributed by atoms with Gasteiger partial charge in [-0.25, -0.2) is 4.98 Å². The highest BCUT2D eigenvalue weighted by Gasteiger charge is 2.24. The molecule has 5 heteroatoms. The number of fused-ring (bicyclic) bond motifs is 1. The lowest BCUT2D eigenvalue weighted by atomic mass is 9.98. The van der Waals surface area contributed by atoms with Gasteiger partial charge in [0.15, 0.2) is 0 Å². The largest absolute Gasteiger partial charge is 0.399 e. The number of thiazole rings is 1. The number of hydrogen-bond acceptors (Lipinski definition) is 4. The maximum atomic E-state index is 12.3. The van der Waals surface area contributed by atoms with Crippen molar-refractivity contribution in [3.63, 3.8) is 0 Å². The maximum absolute atomic E-state index is 12.3. The number of carbonyl (C=O) groups excluding carboxylic acids is 1. The monoisotopic (exact) mass is 259 g/mol. The van der Waals surface area contributed by atoms with Gasteiger partial charge in [-0.05, 0) is 24.1 Å². The fourth-order valence-electron chi connectivity index (χ4n) is 2.18. The van der Waals surface area contributed by atoms with Crippen molar-refractivity contribution in [3.05, 3.63) is 45.9 Å². The third-order valence-electron chi connectivity index (χ3n) is 3.11. The number of hydrogen-bond donors (Lipinski definition) is 1. The number of benzene rings is 1. The molecule has 2 aromatic rings. The molecule has 1 aliphatic heterocycles. The van der Waals surface area contributed by atoms with Gasteiger partial charge >= 0.3 is 0 Å². The standard InChI is InChI=1S/C13H13N3OS/c14-10-2-1-9-3-5-16(13(17)11(9)7-10)8-12-15-4-6-18-12/h1-2,4,6-7H,3,5,8,14H2. The van der Waals surface area contributed by atoms with Gasteiger partial charge in [0.05, 0.1) is 6.54 Å². The average molecular weight is 259 g/mol. The van der Waals surface area contributed by atoms with Crippen LogP contribution >= 0.6 is 11.3 Å². The summed E-state index contributed by atoms with van der Waals surface area (Å²) < 4.78 is 0. The molecule has 0 aliphatic carbocycles. The maximum Gasteiger partial charge on any atom is 0.254 e. The van der Waals surface area contributed by atoms with Crippen LogP contribution in [0.3, 0.4) is 0 Å². The van der Waals surface area contributed by atoms with Crippen LogP contribution in [0.5, 0.6) is 0 Å². The van der Waals surface area contributed by atoms with Gasteiger partial charge in [0, 0.05) is 29.4 Å². The highest BCUT2D eigenvalue weighted by Crippen LogP contribution is 2.23. The van der Waals surface area contributed by atoms with E-state index in [1.807, 2.05) is 22.4 Å². The highest BCUT2D eigenvalue weighted by atomic mass is 32.1. The van der Waals surface area contributed by atoms with Crippen LogP contribution < -0.4 is 5.73 Å². The van der Waals surface area contributed by atoms with Crippen molar-refractivity contribution in [1.82, 2.24) is 9.88 Å². The number of amides is 1. The van der Waals surface area contributed by atoms with Crippen molar-refractivity contribution in [1.29, 1.82) is 0 Å². The number of rotatable bonds is 2. The Morgan fingerprint density at radius 1 is 1.44 bits per heavy atom. The lowest BCUT2D eigenvalue weighted by molar-refractivity contribution is 0.0727. The van der Waals surface area contributed by atoms with Gasteiger partial charge in [-0.15, -0.1) is 11.3 Å². The molecule has 0 saturated heterocycles. The first-order chi connectivity index (χ1) is 8.74. The molecule has 2 N–H and O–H groups in total. The Morgan fingerprint density at radius 3 is 3.11 bits per heavy atom. The van der Waals surface area contributed by atoms with Crippen LogP contribution in [-0.2, 0) is 13.0 Å². The van der Waals surface area contributed by atoms with Crippen molar-refractivity contribution in [2.24, 2.45) is 0 Å². The summed E-state index contributed by atoms with van der Waals surface area (Å²) in [6.07, 6.45) is 2.65. The molecule has 4 nitrogen and oxygen atoms in total. The highest BCUT2D eigenvalue weighted by molar-refractivity contribution is 7.09. The fourth-order valence-corrected chi connectivity index (χ4v) is 2.81. The van der Waals surface area contributed by atoms with E-state index in [9.17, 15) is 4.79 Å². The van der Waals surface area contributed by atoms with E-state index in [4.69, 9.17) is 5.73 Å². The van der Waals surface area contributed by atoms with E-state index >= 15 is 0 Å². The molecule has 1 aliphatic rings. The second-order valence-electron chi connectivity index (χ2n) is 4.32. The second-order valence-corrected chi connectivity index (χ2v) is 5.30. The molecule has 0 saturated carbocycles. The Balaban J connectivity index is 1.87. The predicted octanol–water partition coefficient (Wildman–Crippen LogP) is 1.92. The topological polar surface area (TPSA) is 59.2 Å². The average Bonchev–Trinajstić information content (AvgIpc) is 2.86. The van der Waals surface area contributed by atoms with Crippen molar-refractivity contribution >= 4 is 22.9 Å². The van der Waals surface area contributed by atoms with E-state index in [0.717, 1.165) is 29.1 Å². The van der Waals surface area contributed by atoms with E-state index in [-0.39, 0.29) is 5.91 Å². The lowest BCUT2D eigenvalue weighted by Crippen LogP contribution is -2.37. The Kier molecular flexibility index (Phi) is 2.76. The number of anilines is 1. The third-order valence-corrected chi connectivity index (χ3v) is 3.88. The van der Waals surface area contributed by atoms with Gasteiger partial charge in [-0.2, -0.15) is 0 Å². The molecule has 3 rings (SSSR count). The summed E-state index contributed by atoms with van der Waals surface area (Å²) in [6, 6.07) is 5.57. The molecule has 92 valence electrons. The van der Waals surface area contributed by atoms with Gasteiger partial charge in [0.2, 0.25) is 0 Å². The first kappa shape index (κ1) is 11.2. The Hall–Kier alpha value is -1.88. The number of aromatic nitrogens is 1. The summed E-state index contributed by atoms with van der Waals surface area (Å²) in [4.78, 5) is 18.4. The van der Waals surface area contributed by atoms with Crippen LogP contribution in [0.1, 0.15) is 20.9 Å². The number of nitrogen functional groups attached to an aromatic ring is 1.